The highest BCUT2D eigenvalue weighted by molar-refractivity contribution is 14.1. The van der Waals surface area contributed by atoms with Crippen molar-refractivity contribution in [3.05, 3.63) is 46.2 Å². The topological polar surface area (TPSA) is 50.9 Å². The van der Waals surface area contributed by atoms with E-state index < -0.39 is 0 Å². The minimum Gasteiger partial charge on any atom is -0.384 e. The number of nitrogens with two attached hydrogens (primary N) is 1. The summed E-state index contributed by atoms with van der Waals surface area (Å²) in [4.78, 5) is 3.94. The molecule has 2 rings (SSSR count). The number of hydrogen-bond donors (Lipinski definition) is 2. The van der Waals surface area contributed by atoms with Crippen LogP contribution in [-0.4, -0.2) is 4.98 Å². The fourth-order valence-corrected chi connectivity index (χ4v) is 1.80. The number of nitrogens with zero attached hydrogens (tertiary/aromatic N) is 1. The standard InChI is InChI=1S/C11H10IN3/c12-8-2-1-3-9(6-8)15-10-4-5-14-11(13)7-10/h1-7H,(H3,13,14,15). The number of pyridine rings is 1. The van der Waals surface area contributed by atoms with Crippen LogP contribution in [0.1, 0.15) is 0 Å². The van der Waals surface area contributed by atoms with Crippen LogP contribution in [0.5, 0.6) is 0 Å². The van der Waals surface area contributed by atoms with Gasteiger partial charge in [-0.2, -0.15) is 0 Å². The number of nitrogens with one attached hydrogen (secondary N) is 1. The lowest BCUT2D eigenvalue weighted by Crippen LogP contribution is -1.94. The lowest BCUT2D eigenvalue weighted by atomic mass is 10.3. The first-order chi connectivity index (χ1) is 7.24. The quantitative estimate of drug-likeness (QED) is 0.838. The maximum atomic E-state index is 5.59. The number of aromatic nitrogens is 1. The van der Waals surface area contributed by atoms with Crippen molar-refractivity contribution in [3.8, 4) is 0 Å². The number of anilines is 3. The van der Waals surface area contributed by atoms with Gasteiger partial charge in [0, 0.05) is 27.2 Å². The van der Waals surface area contributed by atoms with E-state index in [4.69, 9.17) is 5.73 Å². The second kappa shape index (κ2) is 4.48. The first-order valence-corrected chi connectivity index (χ1v) is 5.56. The van der Waals surface area contributed by atoms with Gasteiger partial charge in [0.2, 0.25) is 0 Å². The van der Waals surface area contributed by atoms with Crippen LogP contribution in [0.25, 0.3) is 0 Å². The molecule has 2 aromatic rings. The average Bonchev–Trinajstić information content (AvgIpc) is 2.17. The van der Waals surface area contributed by atoms with Crippen LogP contribution in [0, 0.1) is 3.57 Å². The van der Waals surface area contributed by atoms with Crippen molar-refractivity contribution in [1.82, 2.24) is 4.98 Å². The zero-order valence-corrected chi connectivity index (χ0v) is 10.1. The number of rotatable bonds is 2. The highest BCUT2D eigenvalue weighted by Crippen LogP contribution is 2.18. The molecule has 0 bridgehead atoms. The fourth-order valence-electron chi connectivity index (χ4n) is 1.26. The third-order valence-electron chi connectivity index (χ3n) is 1.89. The summed E-state index contributed by atoms with van der Waals surface area (Å²) >= 11 is 2.28. The Morgan fingerprint density at radius 3 is 2.67 bits per heavy atom. The third kappa shape index (κ3) is 2.82. The van der Waals surface area contributed by atoms with Crippen molar-refractivity contribution < 1.29 is 0 Å². The van der Waals surface area contributed by atoms with Crippen LogP contribution < -0.4 is 11.1 Å². The molecule has 3 N–H and O–H groups in total. The van der Waals surface area contributed by atoms with Crippen molar-refractivity contribution in [1.29, 1.82) is 0 Å². The van der Waals surface area contributed by atoms with E-state index in [9.17, 15) is 0 Å². The van der Waals surface area contributed by atoms with Gasteiger partial charge in [0.1, 0.15) is 5.82 Å². The van der Waals surface area contributed by atoms with Gasteiger partial charge in [0.15, 0.2) is 0 Å². The molecular weight excluding hydrogens is 301 g/mol. The third-order valence-corrected chi connectivity index (χ3v) is 2.57. The van der Waals surface area contributed by atoms with E-state index >= 15 is 0 Å². The molecule has 0 radical (unpaired) electrons. The molecule has 76 valence electrons. The maximum absolute atomic E-state index is 5.59. The van der Waals surface area contributed by atoms with Crippen molar-refractivity contribution >= 4 is 39.8 Å². The molecule has 0 saturated heterocycles. The summed E-state index contributed by atoms with van der Waals surface area (Å²) in [5, 5.41) is 3.26. The number of benzene rings is 1. The molecular formula is C11H10IN3. The fraction of sp³-hybridized carbons (Fsp3) is 0. The molecule has 3 nitrogen and oxygen atoms in total. The average molecular weight is 311 g/mol. The first-order valence-electron chi connectivity index (χ1n) is 4.48. The smallest absolute Gasteiger partial charge is 0.125 e. The van der Waals surface area contributed by atoms with Gasteiger partial charge in [-0.25, -0.2) is 4.98 Å². The van der Waals surface area contributed by atoms with Crippen LogP contribution in [0.4, 0.5) is 17.2 Å². The lowest BCUT2D eigenvalue weighted by molar-refractivity contribution is 1.33. The van der Waals surface area contributed by atoms with E-state index in [0.29, 0.717) is 5.82 Å². The van der Waals surface area contributed by atoms with E-state index in [1.807, 2.05) is 24.3 Å². The molecule has 4 heteroatoms. The molecule has 0 unspecified atom stereocenters. The molecule has 1 aromatic carbocycles. The molecule has 0 atom stereocenters. The summed E-state index contributed by atoms with van der Waals surface area (Å²) in [6.45, 7) is 0. The Kier molecular flexibility index (Phi) is 3.05. The van der Waals surface area contributed by atoms with Gasteiger partial charge in [0.25, 0.3) is 0 Å². The monoisotopic (exact) mass is 311 g/mol. The first kappa shape index (κ1) is 10.2. The Balaban J connectivity index is 2.22. The zero-order chi connectivity index (χ0) is 10.7. The summed E-state index contributed by atoms with van der Waals surface area (Å²) in [5.41, 5.74) is 7.59. The highest BCUT2D eigenvalue weighted by atomic mass is 127. The summed E-state index contributed by atoms with van der Waals surface area (Å²) in [5.74, 6) is 0.519. The molecule has 0 fully saturated rings. The van der Waals surface area contributed by atoms with Crippen LogP contribution in [0.3, 0.4) is 0 Å². The van der Waals surface area contributed by atoms with Crippen LogP contribution in [0.15, 0.2) is 42.6 Å². The van der Waals surface area contributed by atoms with E-state index in [2.05, 4.69) is 39.0 Å². The van der Waals surface area contributed by atoms with Crippen LogP contribution >= 0.6 is 22.6 Å². The minimum absolute atomic E-state index is 0.519. The van der Waals surface area contributed by atoms with E-state index in [-0.39, 0.29) is 0 Å². The minimum atomic E-state index is 0.519. The van der Waals surface area contributed by atoms with Gasteiger partial charge >= 0.3 is 0 Å². The van der Waals surface area contributed by atoms with E-state index in [0.717, 1.165) is 11.4 Å². The van der Waals surface area contributed by atoms with Gasteiger partial charge in [0.05, 0.1) is 0 Å². The predicted molar refractivity (Wildman–Crippen MR) is 71.1 cm³/mol. The maximum Gasteiger partial charge on any atom is 0.125 e. The van der Waals surface area contributed by atoms with Gasteiger partial charge in [-0.05, 0) is 46.9 Å². The number of halogens is 1. The van der Waals surface area contributed by atoms with Crippen LogP contribution in [-0.2, 0) is 0 Å². The molecule has 1 heterocycles. The molecule has 0 aliphatic carbocycles. The molecule has 0 aliphatic heterocycles. The van der Waals surface area contributed by atoms with E-state index in [1.54, 1.807) is 12.3 Å². The van der Waals surface area contributed by atoms with Gasteiger partial charge in [-0.15, -0.1) is 0 Å². The Bertz CT molecular complexity index is 427. The molecule has 0 saturated carbocycles. The molecule has 15 heavy (non-hydrogen) atoms. The van der Waals surface area contributed by atoms with Crippen molar-refractivity contribution in [3.63, 3.8) is 0 Å². The van der Waals surface area contributed by atoms with Crippen molar-refractivity contribution in [2.45, 2.75) is 0 Å². The predicted octanol–water partition coefficient (Wildman–Crippen LogP) is 3.01. The highest BCUT2D eigenvalue weighted by Gasteiger charge is 1.96. The van der Waals surface area contributed by atoms with Gasteiger partial charge in [-0.1, -0.05) is 6.07 Å². The van der Waals surface area contributed by atoms with Gasteiger partial charge < -0.3 is 11.1 Å². The molecule has 0 amide bonds. The molecule has 1 aromatic heterocycles. The lowest BCUT2D eigenvalue weighted by Gasteiger charge is -2.06. The summed E-state index contributed by atoms with van der Waals surface area (Å²) in [6.07, 6.45) is 1.69. The number of nitrogen functional groups attached to an aromatic ring is 1. The van der Waals surface area contributed by atoms with Crippen molar-refractivity contribution in [2.24, 2.45) is 0 Å². The summed E-state index contributed by atoms with van der Waals surface area (Å²) < 4.78 is 1.19. The molecule has 0 spiro atoms. The van der Waals surface area contributed by atoms with Crippen LogP contribution in [0.2, 0.25) is 0 Å². The Morgan fingerprint density at radius 2 is 1.93 bits per heavy atom. The second-order valence-corrected chi connectivity index (χ2v) is 4.35. The Labute approximate surface area is 102 Å². The second-order valence-electron chi connectivity index (χ2n) is 3.10. The van der Waals surface area contributed by atoms with E-state index in [1.165, 1.54) is 3.57 Å². The zero-order valence-electron chi connectivity index (χ0n) is 7.94. The largest absolute Gasteiger partial charge is 0.384 e. The summed E-state index contributed by atoms with van der Waals surface area (Å²) in [7, 11) is 0. The summed E-state index contributed by atoms with van der Waals surface area (Å²) in [6, 6.07) is 11.8. The Hall–Kier alpha value is -1.30. The Morgan fingerprint density at radius 1 is 1.13 bits per heavy atom. The van der Waals surface area contributed by atoms with Gasteiger partial charge in [-0.3, -0.25) is 0 Å². The SMILES string of the molecule is Nc1cc(Nc2cccc(I)c2)ccn1. The normalized spacial score (nSPS) is 9.93. The molecule has 0 aliphatic rings. The van der Waals surface area contributed by atoms with Crippen molar-refractivity contribution in [2.75, 3.05) is 11.1 Å². The number of hydrogen-bond acceptors (Lipinski definition) is 3.